The molecule has 0 amide bonds. The summed E-state index contributed by atoms with van der Waals surface area (Å²) in [7, 11) is 11.6. The maximum Gasteiger partial charge on any atom is 0.186 e. The summed E-state index contributed by atoms with van der Waals surface area (Å²) in [4.78, 5) is 7.01. The molecule has 0 saturated heterocycles. The molecule has 0 heterocycles. The van der Waals surface area contributed by atoms with Crippen LogP contribution < -0.4 is 0 Å². The first-order valence-electron chi connectivity index (χ1n) is 8.10. The van der Waals surface area contributed by atoms with Crippen molar-refractivity contribution in [3.8, 4) is 0 Å². The molecular formula is C16H39N3OSi. The average molecular weight is 318 g/mol. The number of hydrogen-bond acceptors (Lipinski definition) is 4. The first kappa shape index (κ1) is 21.1. The van der Waals surface area contributed by atoms with E-state index in [1.807, 2.05) is 0 Å². The Bertz CT molecular complexity index is 254. The smallest absolute Gasteiger partial charge is 0.186 e. The van der Waals surface area contributed by atoms with Crippen LogP contribution in [0.25, 0.3) is 0 Å². The standard InChI is InChI=1S/C16H39N3OSi/c1-10-20-21(8,9)12-11-16(13-17(2)3,14-18(4)5)15-19(6)7/h10-15H2,1-9H3. The Morgan fingerprint density at radius 2 is 1.19 bits per heavy atom. The quantitative estimate of drug-likeness (QED) is 0.544. The lowest BCUT2D eigenvalue weighted by molar-refractivity contribution is 0.0992. The molecule has 0 rings (SSSR count). The van der Waals surface area contributed by atoms with Gasteiger partial charge in [0.05, 0.1) is 0 Å². The van der Waals surface area contributed by atoms with E-state index in [4.69, 9.17) is 4.43 Å². The van der Waals surface area contributed by atoms with E-state index in [-0.39, 0.29) is 0 Å². The molecule has 0 aromatic rings. The summed E-state index contributed by atoms with van der Waals surface area (Å²) in [6, 6.07) is 1.23. The van der Waals surface area contributed by atoms with Crippen LogP contribution in [-0.2, 0) is 4.43 Å². The second-order valence-corrected chi connectivity index (χ2v) is 12.2. The van der Waals surface area contributed by atoms with E-state index < -0.39 is 8.32 Å². The molecule has 0 aliphatic carbocycles. The minimum Gasteiger partial charge on any atom is -0.418 e. The van der Waals surface area contributed by atoms with Gasteiger partial charge in [-0.3, -0.25) is 0 Å². The van der Waals surface area contributed by atoms with Crippen LogP contribution in [0.1, 0.15) is 13.3 Å². The largest absolute Gasteiger partial charge is 0.418 e. The van der Waals surface area contributed by atoms with Crippen molar-refractivity contribution in [2.45, 2.75) is 32.5 Å². The van der Waals surface area contributed by atoms with Crippen molar-refractivity contribution >= 4 is 8.32 Å². The second kappa shape index (κ2) is 9.25. The molecule has 4 nitrogen and oxygen atoms in total. The summed E-state index contributed by atoms with van der Waals surface area (Å²) >= 11 is 0. The third-order valence-corrected chi connectivity index (χ3v) is 6.27. The van der Waals surface area contributed by atoms with Gasteiger partial charge in [-0.25, -0.2) is 0 Å². The van der Waals surface area contributed by atoms with Crippen LogP contribution in [0.5, 0.6) is 0 Å². The van der Waals surface area contributed by atoms with Gasteiger partial charge in [0.2, 0.25) is 0 Å². The van der Waals surface area contributed by atoms with E-state index in [1.165, 1.54) is 12.5 Å². The average Bonchev–Trinajstić information content (AvgIpc) is 2.23. The van der Waals surface area contributed by atoms with E-state index in [0.29, 0.717) is 5.41 Å². The van der Waals surface area contributed by atoms with E-state index in [1.54, 1.807) is 0 Å². The Hall–Kier alpha value is 0.0569. The van der Waals surface area contributed by atoms with E-state index in [2.05, 4.69) is 77.0 Å². The molecule has 0 bridgehead atoms. The molecule has 0 aliphatic heterocycles. The van der Waals surface area contributed by atoms with Crippen molar-refractivity contribution in [1.29, 1.82) is 0 Å². The highest BCUT2D eigenvalue weighted by atomic mass is 28.4. The highest BCUT2D eigenvalue weighted by Crippen LogP contribution is 2.30. The fraction of sp³-hybridized carbons (Fsp3) is 1.00. The van der Waals surface area contributed by atoms with Gasteiger partial charge in [0, 0.05) is 31.7 Å². The second-order valence-electron chi connectivity index (χ2n) is 7.91. The van der Waals surface area contributed by atoms with Crippen molar-refractivity contribution in [2.75, 3.05) is 68.5 Å². The van der Waals surface area contributed by atoms with Crippen LogP contribution in [0.2, 0.25) is 19.1 Å². The Kier molecular flexibility index (Phi) is 9.28. The predicted octanol–water partition coefficient (Wildman–Crippen LogP) is 2.29. The lowest BCUT2D eigenvalue weighted by Crippen LogP contribution is -2.49. The van der Waals surface area contributed by atoms with Gasteiger partial charge in [0.15, 0.2) is 8.32 Å². The first-order valence-corrected chi connectivity index (χ1v) is 11.2. The lowest BCUT2D eigenvalue weighted by atomic mass is 9.83. The molecule has 0 saturated carbocycles. The van der Waals surface area contributed by atoms with Crippen LogP contribution in [0.3, 0.4) is 0 Å². The van der Waals surface area contributed by atoms with Crippen molar-refractivity contribution < 1.29 is 4.43 Å². The molecule has 0 unspecified atom stereocenters. The van der Waals surface area contributed by atoms with Gasteiger partial charge in [-0.05, 0) is 74.8 Å². The van der Waals surface area contributed by atoms with Gasteiger partial charge in [-0.1, -0.05) is 0 Å². The fourth-order valence-electron chi connectivity index (χ4n) is 3.43. The summed E-state index contributed by atoms with van der Waals surface area (Å²) in [5, 5.41) is 0. The predicted molar refractivity (Wildman–Crippen MR) is 96.6 cm³/mol. The summed E-state index contributed by atoms with van der Waals surface area (Å²) < 4.78 is 6.04. The van der Waals surface area contributed by atoms with Crippen molar-refractivity contribution in [3.05, 3.63) is 0 Å². The van der Waals surface area contributed by atoms with Gasteiger partial charge in [-0.2, -0.15) is 0 Å². The van der Waals surface area contributed by atoms with E-state index in [9.17, 15) is 0 Å². The molecule has 0 N–H and O–H groups in total. The normalized spacial score (nSPS) is 13.7. The van der Waals surface area contributed by atoms with Crippen LogP contribution in [0.4, 0.5) is 0 Å². The highest BCUT2D eigenvalue weighted by Gasteiger charge is 2.35. The molecule has 128 valence electrons. The van der Waals surface area contributed by atoms with Crippen molar-refractivity contribution in [2.24, 2.45) is 5.41 Å². The van der Waals surface area contributed by atoms with E-state index in [0.717, 1.165) is 26.2 Å². The topological polar surface area (TPSA) is 19.0 Å². The summed E-state index contributed by atoms with van der Waals surface area (Å²) in [5.41, 5.74) is 0.303. The summed E-state index contributed by atoms with van der Waals surface area (Å²) in [5.74, 6) is 0. The Morgan fingerprint density at radius 3 is 1.48 bits per heavy atom. The molecule has 0 radical (unpaired) electrons. The summed E-state index contributed by atoms with van der Waals surface area (Å²) in [6.07, 6.45) is 1.24. The zero-order valence-electron chi connectivity index (χ0n) is 16.0. The zero-order chi connectivity index (χ0) is 16.7. The zero-order valence-corrected chi connectivity index (χ0v) is 17.0. The molecule has 0 aromatic heterocycles. The minimum absolute atomic E-state index is 0.303. The van der Waals surface area contributed by atoms with Gasteiger partial charge in [-0.15, -0.1) is 0 Å². The van der Waals surface area contributed by atoms with Gasteiger partial charge in [0.1, 0.15) is 0 Å². The maximum absolute atomic E-state index is 6.04. The van der Waals surface area contributed by atoms with Crippen LogP contribution in [-0.4, -0.2) is 91.5 Å². The molecule has 5 heteroatoms. The van der Waals surface area contributed by atoms with Gasteiger partial charge in [0.25, 0.3) is 0 Å². The van der Waals surface area contributed by atoms with Gasteiger partial charge >= 0.3 is 0 Å². The Morgan fingerprint density at radius 1 is 0.810 bits per heavy atom. The van der Waals surface area contributed by atoms with Crippen molar-refractivity contribution in [3.63, 3.8) is 0 Å². The molecule has 21 heavy (non-hydrogen) atoms. The number of hydrogen-bond donors (Lipinski definition) is 0. The number of nitrogens with zero attached hydrogens (tertiary/aromatic N) is 3. The molecule has 0 fully saturated rings. The molecule has 0 atom stereocenters. The highest BCUT2D eigenvalue weighted by molar-refractivity contribution is 6.71. The molecular weight excluding hydrogens is 278 g/mol. The first-order chi connectivity index (χ1) is 9.52. The molecule has 0 aliphatic rings. The summed E-state index contributed by atoms with van der Waals surface area (Å²) in [6.45, 7) is 11.0. The monoisotopic (exact) mass is 317 g/mol. The lowest BCUT2D eigenvalue weighted by Gasteiger charge is -2.41. The fourth-order valence-corrected chi connectivity index (χ4v) is 5.49. The Balaban J connectivity index is 5.04. The molecule has 0 spiro atoms. The van der Waals surface area contributed by atoms with Crippen LogP contribution in [0, 0.1) is 5.41 Å². The van der Waals surface area contributed by atoms with E-state index >= 15 is 0 Å². The minimum atomic E-state index is -1.52. The van der Waals surface area contributed by atoms with Crippen molar-refractivity contribution in [1.82, 2.24) is 14.7 Å². The SMILES string of the molecule is CCO[Si](C)(C)CCC(CN(C)C)(CN(C)C)CN(C)C. The van der Waals surface area contributed by atoms with Crippen LogP contribution in [0.15, 0.2) is 0 Å². The Labute approximate surface area is 134 Å². The number of rotatable bonds is 11. The third-order valence-electron chi connectivity index (χ3n) is 3.75. The third kappa shape index (κ3) is 9.63. The maximum atomic E-state index is 6.04. The molecule has 0 aromatic carbocycles. The van der Waals surface area contributed by atoms with Crippen LogP contribution >= 0.6 is 0 Å². The van der Waals surface area contributed by atoms with Gasteiger partial charge < -0.3 is 19.1 Å².